The first-order valence-corrected chi connectivity index (χ1v) is 8.27. The van der Waals surface area contributed by atoms with Gasteiger partial charge in [0.05, 0.1) is 6.10 Å². The van der Waals surface area contributed by atoms with Gasteiger partial charge in [0.25, 0.3) is 0 Å². The number of piperidine rings is 1. The second kappa shape index (κ2) is 6.20. The Morgan fingerprint density at radius 3 is 2.79 bits per heavy atom. The summed E-state index contributed by atoms with van der Waals surface area (Å²) in [4.78, 5) is 6.76. The molecule has 0 amide bonds. The third-order valence-electron chi connectivity index (χ3n) is 4.47. The molecule has 2 N–H and O–H groups in total. The van der Waals surface area contributed by atoms with Gasteiger partial charge in [-0.3, -0.25) is 0 Å². The number of thiazole rings is 1. The molecule has 2 heterocycles. The molecule has 0 unspecified atom stereocenters. The summed E-state index contributed by atoms with van der Waals surface area (Å²) in [6.07, 6.45) is 7.55. The van der Waals surface area contributed by atoms with Crippen LogP contribution in [0.3, 0.4) is 0 Å². The summed E-state index contributed by atoms with van der Waals surface area (Å²) in [7, 11) is 0. The molecular weight excluding hydrogens is 258 g/mol. The minimum Gasteiger partial charge on any atom is -0.393 e. The molecule has 0 radical (unpaired) electrons. The van der Waals surface area contributed by atoms with Crippen LogP contribution in [0.2, 0.25) is 0 Å². The van der Waals surface area contributed by atoms with Crippen molar-refractivity contribution in [1.82, 2.24) is 10.3 Å². The fourth-order valence-corrected chi connectivity index (χ4v) is 3.92. The van der Waals surface area contributed by atoms with E-state index >= 15 is 0 Å². The third-order valence-corrected chi connectivity index (χ3v) is 5.30. The fourth-order valence-electron chi connectivity index (χ4n) is 3.22. The van der Waals surface area contributed by atoms with Crippen LogP contribution in [-0.4, -0.2) is 41.9 Å². The van der Waals surface area contributed by atoms with Gasteiger partial charge in [0.15, 0.2) is 5.13 Å². The van der Waals surface area contributed by atoms with Crippen LogP contribution in [0.25, 0.3) is 0 Å². The predicted molar refractivity (Wildman–Crippen MR) is 78.7 cm³/mol. The number of hydrogen-bond acceptors (Lipinski definition) is 5. The van der Waals surface area contributed by atoms with Crippen molar-refractivity contribution in [3.63, 3.8) is 0 Å². The molecule has 1 aliphatic heterocycles. The van der Waals surface area contributed by atoms with E-state index in [-0.39, 0.29) is 6.10 Å². The van der Waals surface area contributed by atoms with Gasteiger partial charge in [-0.25, -0.2) is 4.98 Å². The Hall–Kier alpha value is -0.650. The molecule has 4 nitrogen and oxygen atoms in total. The van der Waals surface area contributed by atoms with E-state index in [1.807, 2.05) is 11.6 Å². The predicted octanol–water partition coefficient (Wildman–Crippen LogP) is 1.86. The van der Waals surface area contributed by atoms with Gasteiger partial charge < -0.3 is 15.3 Å². The highest BCUT2D eigenvalue weighted by Crippen LogP contribution is 2.26. The SMILES string of the molecule is O[C@H]1CCC[C@H]1CNC1CCN(c2nccs2)CC1. The molecule has 3 rings (SSSR count). The minimum absolute atomic E-state index is 0.0668. The topological polar surface area (TPSA) is 48.4 Å². The smallest absolute Gasteiger partial charge is 0.185 e. The van der Waals surface area contributed by atoms with Gasteiger partial charge >= 0.3 is 0 Å². The number of aromatic nitrogens is 1. The van der Waals surface area contributed by atoms with Crippen LogP contribution < -0.4 is 10.2 Å². The number of anilines is 1. The Morgan fingerprint density at radius 2 is 2.16 bits per heavy atom. The van der Waals surface area contributed by atoms with Gasteiger partial charge in [-0.15, -0.1) is 11.3 Å². The van der Waals surface area contributed by atoms with E-state index in [4.69, 9.17) is 0 Å². The number of hydrogen-bond donors (Lipinski definition) is 2. The third kappa shape index (κ3) is 3.27. The lowest BCUT2D eigenvalue weighted by Crippen LogP contribution is -2.44. The molecule has 5 heteroatoms. The second-order valence-electron chi connectivity index (χ2n) is 5.74. The van der Waals surface area contributed by atoms with Crippen LogP contribution in [0.1, 0.15) is 32.1 Å². The van der Waals surface area contributed by atoms with Crippen molar-refractivity contribution >= 4 is 16.5 Å². The van der Waals surface area contributed by atoms with E-state index in [9.17, 15) is 5.11 Å². The number of aliphatic hydroxyl groups excluding tert-OH is 1. The molecule has 106 valence electrons. The molecule has 1 aliphatic carbocycles. The summed E-state index contributed by atoms with van der Waals surface area (Å²) in [5.41, 5.74) is 0. The second-order valence-corrected chi connectivity index (χ2v) is 6.62. The Morgan fingerprint density at radius 1 is 1.32 bits per heavy atom. The van der Waals surface area contributed by atoms with Gasteiger partial charge in [-0.1, -0.05) is 6.42 Å². The Bertz CT molecular complexity index is 376. The fraction of sp³-hybridized carbons (Fsp3) is 0.786. The van der Waals surface area contributed by atoms with Crippen LogP contribution in [0.15, 0.2) is 11.6 Å². The molecule has 19 heavy (non-hydrogen) atoms. The number of nitrogens with one attached hydrogen (secondary N) is 1. The summed E-state index contributed by atoms with van der Waals surface area (Å²) in [6.45, 7) is 3.18. The minimum atomic E-state index is -0.0668. The largest absolute Gasteiger partial charge is 0.393 e. The first-order valence-electron chi connectivity index (χ1n) is 7.39. The molecule has 2 atom stereocenters. The number of nitrogens with zero attached hydrogens (tertiary/aromatic N) is 2. The van der Waals surface area contributed by atoms with Crippen molar-refractivity contribution in [2.75, 3.05) is 24.5 Å². The van der Waals surface area contributed by atoms with Crippen LogP contribution in [0.4, 0.5) is 5.13 Å². The van der Waals surface area contributed by atoms with Crippen LogP contribution >= 0.6 is 11.3 Å². The summed E-state index contributed by atoms with van der Waals surface area (Å²) in [6, 6.07) is 0.615. The molecule has 1 aromatic heterocycles. The highest BCUT2D eigenvalue weighted by molar-refractivity contribution is 7.13. The molecule has 0 bridgehead atoms. The Balaban J connectivity index is 1.41. The van der Waals surface area contributed by atoms with Crippen molar-refractivity contribution < 1.29 is 5.11 Å². The number of aliphatic hydroxyl groups is 1. The van der Waals surface area contributed by atoms with Crippen molar-refractivity contribution in [3.05, 3.63) is 11.6 Å². The molecule has 1 saturated heterocycles. The number of rotatable bonds is 4. The van der Waals surface area contributed by atoms with Gasteiger partial charge in [0.2, 0.25) is 0 Å². The van der Waals surface area contributed by atoms with Crippen LogP contribution in [-0.2, 0) is 0 Å². The molecule has 1 saturated carbocycles. The lowest BCUT2D eigenvalue weighted by molar-refractivity contribution is 0.129. The van der Waals surface area contributed by atoms with E-state index in [1.54, 1.807) is 11.3 Å². The highest BCUT2D eigenvalue weighted by atomic mass is 32.1. The molecular formula is C14H23N3OS. The lowest BCUT2D eigenvalue weighted by Gasteiger charge is -2.33. The maximum absolute atomic E-state index is 9.83. The normalized spacial score (nSPS) is 29.0. The average Bonchev–Trinajstić information content (AvgIpc) is 3.09. The zero-order valence-corrected chi connectivity index (χ0v) is 12.1. The van der Waals surface area contributed by atoms with Crippen molar-refractivity contribution in [3.8, 4) is 0 Å². The van der Waals surface area contributed by atoms with Gasteiger partial charge in [-0.2, -0.15) is 0 Å². The van der Waals surface area contributed by atoms with Crippen molar-refractivity contribution in [2.24, 2.45) is 5.92 Å². The monoisotopic (exact) mass is 281 g/mol. The standard InChI is InChI=1S/C14H23N3OS/c18-13-3-1-2-11(13)10-16-12-4-7-17(8-5-12)14-15-6-9-19-14/h6,9,11-13,16,18H,1-5,7-8,10H2/t11-,13-/m0/s1. The molecule has 1 aromatic rings. The van der Waals surface area contributed by atoms with Gasteiger partial charge in [-0.05, 0) is 31.6 Å². The maximum Gasteiger partial charge on any atom is 0.185 e. The van der Waals surface area contributed by atoms with Crippen molar-refractivity contribution in [2.45, 2.75) is 44.2 Å². The zero-order chi connectivity index (χ0) is 13.1. The average molecular weight is 281 g/mol. The molecule has 0 aromatic carbocycles. The molecule has 2 aliphatic rings. The molecule has 2 fully saturated rings. The Kier molecular flexibility index (Phi) is 4.35. The first-order chi connectivity index (χ1) is 9.33. The summed E-state index contributed by atoms with van der Waals surface area (Å²) >= 11 is 1.73. The van der Waals surface area contributed by atoms with Crippen LogP contribution in [0.5, 0.6) is 0 Å². The lowest BCUT2D eigenvalue weighted by atomic mass is 10.0. The van der Waals surface area contributed by atoms with Crippen LogP contribution in [0, 0.1) is 5.92 Å². The maximum atomic E-state index is 9.83. The molecule has 0 spiro atoms. The summed E-state index contributed by atoms with van der Waals surface area (Å²) in [5.74, 6) is 0.483. The summed E-state index contributed by atoms with van der Waals surface area (Å²) < 4.78 is 0. The van der Waals surface area contributed by atoms with E-state index in [0.717, 1.165) is 31.2 Å². The van der Waals surface area contributed by atoms with E-state index < -0.39 is 0 Å². The van der Waals surface area contributed by atoms with Gasteiger partial charge in [0.1, 0.15) is 0 Å². The van der Waals surface area contributed by atoms with Crippen molar-refractivity contribution in [1.29, 1.82) is 0 Å². The van der Waals surface area contributed by atoms with E-state index in [2.05, 4.69) is 15.2 Å². The van der Waals surface area contributed by atoms with E-state index in [1.165, 1.54) is 25.7 Å². The highest BCUT2D eigenvalue weighted by Gasteiger charge is 2.26. The Labute approximate surface area is 118 Å². The summed E-state index contributed by atoms with van der Waals surface area (Å²) in [5, 5.41) is 16.7. The van der Waals surface area contributed by atoms with E-state index in [0.29, 0.717) is 12.0 Å². The zero-order valence-electron chi connectivity index (χ0n) is 11.3. The van der Waals surface area contributed by atoms with Gasteiger partial charge in [0, 0.05) is 37.3 Å². The quantitative estimate of drug-likeness (QED) is 0.884. The first kappa shape index (κ1) is 13.3.